The van der Waals surface area contributed by atoms with Gasteiger partial charge in [0, 0.05) is 42.6 Å². The number of aromatic nitrogens is 2. The fourth-order valence-corrected chi connectivity index (χ4v) is 4.06. The first-order valence-electron chi connectivity index (χ1n) is 9.18. The number of rotatable bonds is 4. The lowest BCUT2D eigenvalue weighted by Crippen LogP contribution is -2.69. The number of nitrogens with one attached hydrogen (secondary N) is 1. The third-order valence-corrected chi connectivity index (χ3v) is 5.37. The van der Waals surface area contributed by atoms with E-state index in [9.17, 15) is 4.79 Å². The van der Waals surface area contributed by atoms with Gasteiger partial charge in [0.25, 0.3) is 0 Å². The zero-order valence-electron chi connectivity index (χ0n) is 15.6. The van der Waals surface area contributed by atoms with Gasteiger partial charge in [0.1, 0.15) is 11.6 Å². The fraction of sp³-hybridized carbons (Fsp3) is 0.450. The lowest BCUT2D eigenvalue weighted by molar-refractivity contribution is -0.121. The second-order valence-electron chi connectivity index (χ2n) is 7.40. The topological polar surface area (TPSA) is 61.4 Å². The molecule has 2 atom stereocenters. The number of carbonyl (C=O) groups excluding carboxylic acids is 1. The van der Waals surface area contributed by atoms with E-state index in [0.717, 1.165) is 48.1 Å². The van der Waals surface area contributed by atoms with Crippen LogP contribution < -0.4 is 10.2 Å². The summed E-state index contributed by atoms with van der Waals surface area (Å²) in [5, 5.41) is 3.04. The molecule has 6 heteroatoms. The van der Waals surface area contributed by atoms with Gasteiger partial charge >= 0.3 is 0 Å². The van der Waals surface area contributed by atoms with E-state index in [1.54, 1.807) is 0 Å². The molecule has 2 aromatic rings. The van der Waals surface area contributed by atoms with Gasteiger partial charge in [-0.05, 0) is 38.8 Å². The molecule has 3 aliphatic heterocycles. The minimum Gasteiger partial charge on any atom is -0.353 e. The first-order chi connectivity index (χ1) is 12.5. The molecule has 3 fully saturated rings. The summed E-state index contributed by atoms with van der Waals surface area (Å²) in [5.41, 5.74) is 2.99. The Morgan fingerprint density at radius 3 is 2.58 bits per heavy atom. The molecule has 2 unspecified atom stereocenters. The van der Waals surface area contributed by atoms with E-state index in [-0.39, 0.29) is 5.91 Å². The third kappa shape index (κ3) is 3.29. The summed E-state index contributed by atoms with van der Waals surface area (Å²) in [6.07, 6.45) is 1.16. The Kier molecular flexibility index (Phi) is 4.36. The highest BCUT2D eigenvalue weighted by atomic mass is 16.2. The van der Waals surface area contributed by atoms with Crippen LogP contribution in [0.4, 0.5) is 11.5 Å². The average molecular weight is 351 g/mol. The quantitative estimate of drug-likeness (QED) is 0.916. The number of benzene rings is 1. The van der Waals surface area contributed by atoms with E-state index in [1.165, 1.54) is 0 Å². The van der Waals surface area contributed by atoms with Gasteiger partial charge < -0.3 is 10.2 Å². The number of carbonyl (C=O) groups is 1. The van der Waals surface area contributed by atoms with E-state index < -0.39 is 0 Å². The first kappa shape index (κ1) is 17.0. The first-order valence-corrected chi connectivity index (χ1v) is 9.18. The Labute approximate surface area is 154 Å². The summed E-state index contributed by atoms with van der Waals surface area (Å²) in [4.78, 5) is 26.0. The van der Waals surface area contributed by atoms with E-state index in [2.05, 4.69) is 25.1 Å². The van der Waals surface area contributed by atoms with Gasteiger partial charge in [-0.3, -0.25) is 9.69 Å². The van der Waals surface area contributed by atoms with Crippen LogP contribution in [0.1, 0.15) is 23.5 Å². The van der Waals surface area contributed by atoms with E-state index in [0.29, 0.717) is 18.6 Å². The minimum atomic E-state index is 0.0659. The van der Waals surface area contributed by atoms with Crippen molar-refractivity contribution in [1.82, 2.24) is 14.9 Å². The zero-order chi connectivity index (χ0) is 18.3. The maximum atomic E-state index is 12.5. The molecule has 1 N–H and O–H groups in total. The SMILES string of the molecule is Cc1cc(N2CC3CC(C2)N3CC(=O)Nc2ccccc2C)nc(C)n1. The van der Waals surface area contributed by atoms with Crippen LogP contribution >= 0.6 is 0 Å². The number of aryl methyl sites for hydroxylation is 3. The maximum Gasteiger partial charge on any atom is 0.238 e. The molecule has 2 bridgehead atoms. The maximum absolute atomic E-state index is 12.5. The fourth-order valence-electron chi connectivity index (χ4n) is 4.06. The normalized spacial score (nSPS) is 22.0. The Hall–Kier alpha value is -2.47. The van der Waals surface area contributed by atoms with Gasteiger partial charge in [0.05, 0.1) is 6.54 Å². The molecule has 6 nitrogen and oxygen atoms in total. The molecule has 5 rings (SSSR count). The van der Waals surface area contributed by atoms with Gasteiger partial charge in [0.2, 0.25) is 5.91 Å². The summed E-state index contributed by atoms with van der Waals surface area (Å²) in [5.74, 6) is 1.89. The second kappa shape index (κ2) is 6.68. The molecule has 3 saturated heterocycles. The molecule has 136 valence electrons. The van der Waals surface area contributed by atoms with Crippen molar-refractivity contribution < 1.29 is 4.79 Å². The number of hydrogen-bond donors (Lipinski definition) is 1. The van der Waals surface area contributed by atoms with Gasteiger partial charge in [0.15, 0.2) is 0 Å². The zero-order valence-corrected chi connectivity index (χ0v) is 15.6. The summed E-state index contributed by atoms with van der Waals surface area (Å²) >= 11 is 0. The van der Waals surface area contributed by atoms with Crippen molar-refractivity contribution in [2.75, 3.05) is 29.9 Å². The molecule has 0 radical (unpaired) electrons. The summed E-state index contributed by atoms with van der Waals surface area (Å²) in [7, 11) is 0. The lowest BCUT2D eigenvalue weighted by atomic mass is 9.87. The predicted molar refractivity (Wildman–Crippen MR) is 102 cm³/mol. The van der Waals surface area contributed by atoms with Gasteiger partial charge in [-0.2, -0.15) is 0 Å². The van der Waals surface area contributed by atoms with E-state index >= 15 is 0 Å². The molecule has 1 aromatic heterocycles. The number of amides is 1. The van der Waals surface area contributed by atoms with Crippen molar-refractivity contribution in [1.29, 1.82) is 0 Å². The number of piperazine rings is 1. The van der Waals surface area contributed by atoms with Crippen molar-refractivity contribution in [3.63, 3.8) is 0 Å². The molecule has 26 heavy (non-hydrogen) atoms. The summed E-state index contributed by atoms with van der Waals surface area (Å²) in [6, 6.07) is 10.8. The van der Waals surface area contributed by atoms with Crippen LogP contribution in [0.2, 0.25) is 0 Å². The molecule has 1 amide bonds. The van der Waals surface area contributed by atoms with Crippen molar-refractivity contribution >= 4 is 17.4 Å². The molecule has 4 heterocycles. The van der Waals surface area contributed by atoms with Crippen LogP contribution in [0.25, 0.3) is 0 Å². The van der Waals surface area contributed by atoms with E-state index in [4.69, 9.17) is 0 Å². The van der Waals surface area contributed by atoms with Gasteiger partial charge in [-0.25, -0.2) is 9.97 Å². The van der Waals surface area contributed by atoms with Crippen molar-refractivity contribution in [3.8, 4) is 0 Å². The Morgan fingerprint density at radius 1 is 1.15 bits per heavy atom. The lowest BCUT2D eigenvalue weighted by Gasteiger charge is -2.56. The summed E-state index contributed by atoms with van der Waals surface area (Å²) < 4.78 is 0. The van der Waals surface area contributed by atoms with Crippen LogP contribution in [0.15, 0.2) is 30.3 Å². The highest BCUT2D eigenvalue weighted by Gasteiger charge is 2.45. The Morgan fingerprint density at radius 2 is 1.88 bits per heavy atom. The Bertz CT molecular complexity index is 804. The number of hydrogen-bond acceptors (Lipinski definition) is 5. The average Bonchev–Trinajstić information content (AvgIpc) is 2.61. The monoisotopic (exact) mass is 351 g/mol. The van der Waals surface area contributed by atoms with Crippen LogP contribution in [0, 0.1) is 20.8 Å². The molecule has 3 aliphatic rings. The van der Waals surface area contributed by atoms with Crippen LogP contribution in [-0.4, -0.2) is 52.5 Å². The van der Waals surface area contributed by atoms with Gasteiger partial charge in [-0.1, -0.05) is 18.2 Å². The minimum absolute atomic E-state index is 0.0659. The number of anilines is 2. The second-order valence-corrected chi connectivity index (χ2v) is 7.40. The highest BCUT2D eigenvalue weighted by Crippen LogP contribution is 2.34. The number of fused-ring (bicyclic) bond motifs is 2. The number of para-hydroxylation sites is 1. The van der Waals surface area contributed by atoms with Crippen LogP contribution in [-0.2, 0) is 4.79 Å². The van der Waals surface area contributed by atoms with E-state index in [1.807, 2.05) is 51.1 Å². The van der Waals surface area contributed by atoms with Crippen molar-refractivity contribution in [2.45, 2.75) is 39.3 Å². The Balaban J connectivity index is 1.37. The molecule has 0 spiro atoms. The number of piperidine rings is 1. The molecular weight excluding hydrogens is 326 g/mol. The van der Waals surface area contributed by atoms with Crippen LogP contribution in [0.5, 0.6) is 0 Å². The predicted octanol–water partition coefficient (Wildman–Crippen LogP) is 2.30. The largest absolute Gasteiger partial charge is 0.353 e. The highest BCUT2D eigenvalue weighted by molar-refractivity contribution is 5.93. The molecule has 1 aromatic carbocycles. The molecule has 0 aliphatic carbocycles. The smallest absolute Gasteiger partial charge is 0.238 e. The van der Waals surface area contributed by atoms with Crippen molar-refractivity contribution in [2.24, 2.45) is 0 Å². The number of nitrogens with zero attached hydrogens (tertiary/aromatic N) is 4. The standard InChI is InChI=1S/C20H25N5O/c1-13-6-4-5-7-18(13)23-20(26)12-25-16-9-17(25)11-24(10-16)19-8-14(2)21-15(3)22-19/h4-8,16-17H,9-12H2,1-3H3,(H,23,26). The van der Waals surface area contributed by atoms with Crippen LogP contribution in [0.3, 0.4) is 0 Å². The summed E-state index contributed by atoms with van der Waals surface area (Å²) in [6.45, 7) is 8.25. The molecule has 0 saturated carbocycles. The third-order valence-electron chi connectivity index (χ3n) is 5.37. The van der Waals surface area contributed by atoms with Crippen molar-refractivity contribution in [3.05, 3.63) is 47.4 Å². The van der Waals surface area contributed by atoms with Gasteiger partial charge in [-0.15, -0.1) is 0 Å². The molecular formula is C20H25N5O.